The average molecular weight is 280 g/mol. The van der Waals surface area contributed by atoms with E-state index in [0.29, 0.717) is 13.2 Å². The van der Waals surface area contributed by atoms with Gasteiger partial charge in [0.15, 0.2) is 4.77 Å². The number of hydrogen-bond acceptors (Lipinski definition) is 3. The van der Waals surface area contributed by atoms with Crippen molar-refractivity contribution in [2.75, 3.05) is 26.9 Å². The van der Waals surface area contributed by atoms with E-state index in [-0.39, 0.29) is 0 Å². The third-order valence-electron chi connectivity index (χ3n) is 3.03. The quantitative estimate of drug-likeness (QED) is 0.596. The molecule has 1 aromatic heterocycles. The number of hydrogen-bond donors (Lipinski definition) is 1. The molecule has 0 aliphatic heterocycles. The number of aryl methyl sites for hydroxylation is 1. The molecule has 1 heterocycles. The number of imidazole rings is 1. The van der Waals surface area contributed by atoms with Crippen molar-refractivity contribution in [3.8, 4) is 0 Å². The van der Waals surface area contributed by atoms with Crippen molar-refractivity contribution in [3.63, 3.8) is 0 Å². The van der Waals surface area contributed by atoms with E-state index < -0.39 is 0 Å². The normalized spacial score (nSPS) is 11.2. The van der Waals surface area contributed by atoms with Gasteiger partial charge < -0.3 is 19.0 Å². The lowest BCUT2D eigenvalue weighted by Gasteiger charge is -2.05. The van der Waals surface area contributed by atoms with Crippen LogP contribution in [0.2, 0.25) is 0 Å². The van der Waals surface area contributed by atoms with Crippen LogP contribution in [-0.4, -0.2) is 36.5 Å². The lowest BCUT2D eigenvalue weighted by Crippen LogP contribution is -2.04. The SMILES string of the molecule is COCCOCCCCn1c(=S)[nH]c2ccccc21. The van der Waals surface area contributed by atoms with Crippen LogP contribution in [0.3, 0.4) is 0 Å². The van der Waals surface area contributed by atoms with Crippen LogP contribution in [0, 0.1) is 4.77 Å². The van der Waals surface area contributed by atoms with Crippen LogP contribution in [0.5, 0.6) is 0 Å². The van der Waals surface area contributed by atoms with Crippen LogP contribution >= 0.6 is 12.2 Å². The molecule has 0 saturated heterocycles. The van der Waals surface area contributed by atoms with Crippen molar-refractivity contribution < 1.29 is 9.47 Å². The second-order valence-corrected chi connectivity index (χ2v) is 4.80. The Kier molecular flexibility index (Phi) is 5.57. The van der Waals surface area contributed by atoms with E-state index >= 15 is 0 Å². The van der Waals surface area contributed by atoms with Gasteiger partial charge in [-0.05, 0) is 37.2 Å². The van der Waals surface area contributed by atoms with Gasteiger partial charge in [-0.2, -0.15) is 0 Å². The van der Waals surface area contributed by atoms with E-state index in [0.717, 1.165) is 36.3 Å². The summed E-state index contributed by atoms with van der Waals surface area (Å²) in [6, 6.07) is 8.20. The van der Waals surface area contributed by atoms with Gasteiger partial charge in [-0.1, -0.05) is 12.1 Å². The monoisotopic (exact) mass is 280 g/mol. The van der Waals surface area contributed by atoms with Gasteiger partial charge in [0.05, 0.1) is 24.2 Å². The standard InChI is InChI=1S/C14H20N2O2S/c1-17-10-11-18-9-5-4-8-16-13-7-3-2-6-12(13)15-14(16)19/h2-3,6-7H,4-5,8-11H2,1H3,(H,15,19). The first kappa shape index (κ1) is 14.2. The highest BCUT2D eigenvalue weighted by Gasteiger charge is 2.02. The number of ether oxygens (including phenoxy) is 2. The van der Waals surface area contributed by atoms with Gasteiger partial charge in [-0.25, -0.2) is 0 Å². The summed E-state index contributed by atoms with van der Waals surface area (Å²) in [6.45, 7) is 3.03. The number of aromatic amines is 1. The minimum Gasteiger partial charge on any atom is -0.382 e. The van der Waals surface area contributed by atoms with E-state index in [4.69, 9.17) is 21.7 Å². The average Bonchev–Trinajstić information content (AvgIpc) is 2.74. The van der Waals surface area contributed by atoms with E-state index in [2.05, 4.69) is 21.7 Å². The van der Waals surface area contributed by atoms with Gasteiger partial charge in [0.25, 0.3) is 0 Å². The zero-order chi connectivity index (χ0) is 13.5. The third-order valence-corrected chi connectivity index (χ3v) is 3.36. The summed E-state index contributed by atoms with van der Waals surface area (Å²) in [4.78, 5) is 3.23. The molecule has 0 saturated carbocycles. The maximum atomic E-state index is 5.44. The third kappa shape index (κ3) is 3.89. The number of H-pyrrole nitrogens is 1. The molecule has 0 bridgehead atoms. The highest BCUT2D eigenvalue weighted by atomic mass is 32.1. The van der Waals surface area contributed by atoms with Gasteiger partial charge in [0.1, 0.15) is 0 Å². The smallest absolute Gasteiger partial charge is 0.178 e. The molecule has 0 spiro atoms. The molecule has 5 heteroatoms. The number of methoxy groups -OCH3 is 1. The Morgan fingerprint density at radius 2 is 2.00 bits per heavy atom. The minimum absolute atomic E-state index is 0.660. The molecule has 0 unspecified atom stereocenters. The summed E-state index contributed by atoms with van der Waals surface area (Å²) in [5.74, 6) is 0. The second-order valence-electron chi connectivity index (χ2n) is 4.41. The van der Waals surface area contributed by atoms with Crippen LogP contribution in [0.15, 0.2) is 24.3 Å². The number of para-hydroxylation sites is 2. The first-order valence-corrected chi connectivity index (χ1v) is 6.98. The number of fused-ring (bicyclic) bond motifs is 1. The molecule has 0 amide bonds. The molecular formula is C14H20N2O2S. The fraction of sp³-hybridized carbons (Fsp3) is 0.500. The fourth-order valence-corrected chi connectivity index (χ4v) is 2.35. The lowest BCUT2D eigenvalue weighted by atomic mass is 10.3. The number of unbranched alkanes of at least 4 members (excludes halogenated alkanes) is 1. The Bertz CT molecular complexity index is 562. The van der Waals surface area contributed by atoms with E-state index in [1.54, 1.807) is 7.11 Å². The van der Waals surface area contributed by atoms with Crippen molar-refractivity contribution in [2.45, 2.75) is 19.4 Å². The molecule has 1 N–H and O–H groups in total. The van der Waals surface area contributed by atoms with Crippen LogP contribution in [0.4, 0.5) is 0 Å². The molecule has 2 aromatic rings. The van der Waals surface area contributed by atoms with E-state index in [9.17, 15) is 0 Å². The minimum atomic E-state index is 0.660. The molecule has 0 aliphatic carbocycles. The highest BCUT2D eigenvalue weighted by molar-refractivity contribution is 7.71. The molecule has 0 atom stereocenters. The second kappa shape index (κ2) is 7.43. The van der Waals surface area contributed by atoms with E-state index in [1.807, 2.05) is 12.1 Å². The molecule has 2 rings (SSSR count). The van der Waals surface area contributed by atoms with Crippen molar-refractivity contribution in [3.05, 3.63) is 29.0 Å². The Morgan fingerprint density at radius 1 is 1.16 bits per heavy atom. The maximum absolute atomic E-state index is 5.44. The van der Waals surface area contributed by atoms with Crippen molar-refractivity contribution in [2.24, 2.45) is 0 Å². The largest absolute Gasteiger partial charge is 0.382 e. The number of benzene rings is 1. The summed E-state index contributed by atoms with van der Waals surface area (Å²) >= 11 is 5.35. The van der Waals surface area contributed by atoms with Gasteiger partial charge in [0, 0.05) is 20.3 Å². The van der Waals surface area contributed by atoms with Gasteiger partial charge >= 0.3 is 0 Å². The van der Waals surface area contributed by atoms with Crippen LogP contribution in [0.1, 0.15) is 12.8 Å². The molecule has 104 valence electrons. The summed E-state index contributed by atoms with van der Waals surface area (Å²) in [5.41, 5.74) is 2.27. The molecule has 0 radical (unpaired) electrons. The highest BCUT2D eigenvalue weighted by Crippen LogP contribution is 2.14. The molecule has 1 aromatic carbocycles. The number of rotatable bonds is 8. The number of nitrogens with one attached hydrogen (secondary N) is 1. The molecule has 0 fully saturated rings. The Hall–Kier alpha value is -1.17. The Balaban J connectivity index is 1.82. The Morgan fingerprint density at radius 3 is 2.84 bits per heavy atom. The van der Waals surface area contributed by atoms with Crippen LogP contribution < -0.4 is 0 Å². The first-order valence-electron chi connectivity index (χ1n) is 6.57. The summed E-state index contributed by atoms with van der Waals surface area (Å²) in [6.07, 6.45) is 2.09. The summed E-state index contributed by atoms with van der Waals surface area (Å²) in [7, 11) is 1.68. The van der Waals surface area contributed by atoms with Crippen molar-refractivity contribution >= 4 is 23.3 Å². The number of aromatic nitrogens is 2. The van der Waals surface area contributed by atoms with E-state index in [1.165, 1.54) is 5.52 Å². The zero-order valence-electron chi connectivity index (χ0n) is 11.2. The van der Waals surface area contributed by atoms with Crippen molar-refractivity contribution in [1.29, 1.82) is 0 Å². The topological polar surface area (TPSA) is 39.2 Å². The zero-order valence-corrected chi connectivity index (χ0v) is 12.0. The van der Waals surface area contributed by atoms with Crippen molar-refractivity contribution in [1.82, 2.24) is 9.55 Å². The van der Waals surface area contributed by atoms with Crippen LogP contribution in [-0.2, 0) is 16.0 Å². The molecular weight excluding hydrogens is 260 g/mol. The van der Waals surface area contributed by atoms with Gasteiger partial charge in [-0.15, -0.1) is 0 Å². The maximum Gasteiger partial charge on any atom is 0.178 e. The fourth-order valence-electron chi connectivity index (χ4n) is 2.05. The van der Waals surface area contributed by atoms with Crippen LogP contribution in [0.25, 0.3) is 11.0 Å². The molecule has 19 heavy (non-hydrogen) atoms. The predicted molar refractivity (Wildman–Crippen MR) is 79.1 cm³/mol. The number of nitrogens with zero attached hydrogens (tertiary/aromatic N) is 1. The summed E-state index contributed by atoms with van der Waals surface area (Å²) < 4.78 is 13.3. The molecule has 0 aliphatic rings. The van der Waals surface area contributed by atoms with Gasteiger partial charge in [-0.3, -0.25) is 0 Å². The summed E-state index contributed by atoms with van der Waals surface area (Å²) in [5, 5.41) is 0. The lowest BCUT2D eigenvalue weighted by molar-refractivity contribution is 0.0684. The van der Waals surface area contributed by atoms with Gasteiger partial charge in [0.2, 0.25) is 0 Å². The first-order chi connectivity index (χ1) is 9.33. The predicted octanol–water partition coefficient (Wildman–Crippen LogP) is 3.14. The molecule has 4 nitrogen and oxygen atoms in total. The Labute approximate surface area is 118 Å².